The number of allylic oxidation sites excluding steroid dienone is 4. The van der Waals surface area contributed by atoms with E-state index in [0.717, 1.165) is 6.08 Å². The Balaban J connectivity index is 2.41. The van der Waals surface area contributed by atoms with Gasteiger partial charge in [-0.3, -0.25) is 0 Å². The highest BCUT2D eigenvalue weighted by Gasteiger charge is 1.91. The van der Waals surface area contributed by atoms with Crippen LogP contribution in [-0.4, -0.2) is 22.5 Å². The largest absolute Gasteiger partial charge is 0.478 e. The summed E-state index contributed by atoms with van der Waals surface area (Å²) < 4.78 is 0. The standard InChI is InChI=1S/C10H11NO2/c12-10(13)6-5-9-11-7-3-1-2-4-8-11/h1-8H,9H2,(H,12,13). The van der Waals surface area contributed by atoms with E-state index in [-0.39, 0.29) is 0 Å². The molecule has 3 heteroatoms. The summed E-state index contributed by atoms with van der Waals surface area (Å²) in [6, 6.07) is 0. The Morgan fingerprint density at radius 2 is 1.85 bits per heavy atom. The Kier molecular flexibility index (Phi) is 3.57. The lowest BCUT2D eigenvalue weighted by atomic mass is 10.4. The van der Waals surface area contributed by atoms with Crippen LogP contribution in [0.5, 0.6) is 0 Å². The van der Waals surface area contributed by atoms with Gasteiger partial charge in [-0.2, -0.15) is 0 Å². The van der Waals surface area contributed by atoms with E-state index in [4.69, 9.17) is 5.11 Å². The normalized spacial score (nSPS) is 15.2. The number of carbonyl (C=O) groups is 1. The molecule has 1 rings (SSSR count). The highest BCUT2D eigenvalue weighted by molar-refractivity contribution is 5.79. The molecular formula is C10H11NO2. The Morgan fingerprint density at radius 1 is 1.23 bits per heavy atom. The number of carboxylic acids is 1. The van der Waals surface area contributed by atoms with E-state index in [1.165, 1.54) is 0 Å². The average Bonchev–Trinajstić information content (AvgIpc) is 2.32. The molecular weight excluding hydrogens is 166 g/mol. The lowest BCUT2D eigenvalue weighted by molar-refractivity contribution is -0.131. The molecule has 0 aromatic rings. The van der Waals surface area contributed by atoms with Gasteiger partial charge in [0.25, 0.3) is 0 Å². The van der Waals surface area contributed by atoms with Gasteiger partial charge in [0.2, 0.25) is 0 Å². The first-order valence-electron chi connectivity index (χ1n) is 3.96. The molecule has 0 saturated heterocycles. The molecule has 0 amide bonds. The smallest absolute Gasteiger partial charge is 0.328 e. The SMILES string of the molecule is O=C(O)C=CCN1C=CC=CC=C1. The van der Waals surface area contributed by atoms with Crippen LogP contribution >= 0.6 is 0 Å². The summed E-state index contributed by atoms with van der Waals surface area (Å²) in [5.74, 6) is -0.916. The molecule has 0 spiro atoms. The minimum atomic E-state index is -0.916. The van der Waals surface area contributed by atoms with Crippen molar-refractivity contribution in [3.05, 3.63) is 48.9 Å². The summed E-state index contributed by atoms with van der Waals surface area (Å²) in [5, 5.41) is 8.34. The molecule has 1 N–H and O–H groups in total. The minimum absolute atomic E-state index is 0.570. The predicted octanol–water partition coefficient (Wildman–Crippen LogP) is 1.53. The van der Waals surface area contributed by atoms with Crippen molar-refractivity contribution in [2.24, 2.45) is 0 Å². The third-order valence-corrected chi connectivity index (χ3v) is 1.47. The molecule has 3 nitrogen and oxygen atoms in total. The molecule has 0 aliphatic carbocycles. The van der Waals surface area contributed by atoms with Crippen molar-refractivity contribution >= 4 is 5.97 Å². The van der Waals surface area contributed by atoms with Crippen LogP contribution < -0.4 is 0 Å². The van der Waals surface area contributed by atoms with Gasteiger partial charge >= 0.3 is 5.97 Å². The van der Waals surface area contributed by atoms with Crippen LogP contribution in [0.2, 0.25) is 0 Å². The number of aliphatic carboxylic acids is 1. The number of nitrogens with zero attached hydrogens (tertiary/aromatic N) is 1. The molecule has 0 aromatic carbocycles. The molecule has 0 aromatic heterocycles. The third kappa shape index (κ3) is 3.96. The van der Waals surface area contributed by atoms with Crippen molar-refractivity contribution in [1.29, 1.82) is 0 Å². The fourth-order valence-corrected chi connectivity index (χ4v) is 0.895. The molecule has 1 heterocycles. The minimum Gasteiger partial charge on any atom is -0.478 e. The summed E-state index contributed by atoms with van der Waals surface area (Å²) in [6.45, 7) is 0.570. The maximum absolute atomic E-state index is 10.2. The highest BCUT2D eigenvalue weighted by atomic mass is 16.4. The average molecular weight is 177 g/mol. The fourth-order valence-electron chi connectivity index (χ4n) is 0.895. The zero-order chi connectivity index (χ0) is 9.52. The summed E-state index contributed by atoms with van der Waals surface area (Å²) in [4.78, 5) is 12.0. The molecule has 0 bridgehead atoms. The zero-order valence-electron chi connectivity index (χ0n) is 7.13. The Morgan fingerprint density at radius 3 is 2.38 bits per heavy atom. The number of hydrogen-bond acceptors (Lipinski definition) is 2. The van der Waals surface area contributed by atoms with Crippen molar-refractivity contribution in [2.45, 2.75) is 0 Å². The van der Waals surface area contributed by atoms with Crippen LogP contribution in [0.3, 0.4) is 0 Å². The van der Waals surface area contributed by atoms with Gasteiger partial charge in [0.15, 0.2) is 0 Å². The number of hydrogen-bond donors (Lipinski definition) is 1. The van der Waals surface area contributed by atoms with E-state index < -0.39 is 5.97 Å². The molecule has 0 unspecified atom stereocenters. The van der Waals surface area contributed by atoms with Crippen molar-refractivity contribution in [1.82, 2.24) is 4.90 Å². The molecule has 0 atom stereocenters. The van der Waals surface area contributed by atoms with Crippen molar-refractivity contribution in [3.8, 4) is 0 Å². The molecule has 0 radical (unpaired) electrons. The van der Waals surface area contributed by atoms with Gasteiger partial charge in [0.05, 0.1) is 0 Å². The molecule has 1 aliphatic heterocycles. The Bertz CT molecular complexity index is 271. The first kappa shape index (κ1) is 9.32. The fraction of sp³-hybridized carbons (Fsp3) is 0.100. The van der Waals surface area contributed by atoms with Gasteiger partial charge < -0.3 is 10.0 Å². The molecule has 0 fully saturated rings. The Hall–Kier alpha value is -1.77. The van der Waals surface area contributed by atoms with Crippen LogP contribution in [0.1, 0.15) is 0 Å². The zero-order valence-corrected chi connectivity index (χ0v) is 7.13. The van der Waals surface area contributed by atoms with Crippen LogP contribution in [0.15, 0.2) is 48.9 Å². The van der Waals surface area contributed by atoms with Crippen molar-refractivity contribution in [3.63, 3.8) is 0 Å². The lowest BCUT2D eigenvalue weighted by Crippen LogP contribution is -2.08. The number of carboxylic acid groups (broad SMARTS) is 1. The van der Waals surface area contributed by atoms with E-state index in [1.807, 2.05) is 41.6 Å². The topological polar surface area (TPSA) is 40.5 Å². The van der Waals surface area contributed by atoms with E-state index in [1.54, 1.807) is 6.08 Å². The Labute approximate surface area is 77.0 Å². The molecule has 0 saturated carbocycles. The second-order valence-electron chi connectivity index (χ2n) is 2.51. The second-order valence-corrected chi connectivity index (χ2v) is 2.51. The quantitative estimate of drug-likeness (QED) is 0.664. The molecule has 13 heavy (non-hydrogen) atoms. The first-order chi connectivity index (χ1) is 6.29. The summed E-state index contributed by atoms with van der Waals surface area (Å²) in [5.41, 5.74) is 0. The van der Waals surface area contributed by atoms with Crippen molar-refractivity contribution < 1.29 is 9.90 Å². The van der Waals surface area contributed by atoms with Crippen molar-refractivity contribution in [2.75, 3.05) is 6.54 Å². The summed E-state index contributed by atoms with van der Waals surface area (Å²) >= 11 is 0. The van der Waals surface area contributed by atoms with E-state index in [2.05, 4.69) is 0 Å². The molecule has 1 aliphatic rings. The van der Waals surface area contributed by atoms with Crippen LogP contribution in [0.25, 0.3) is 0 Å². The maximum atomic E-state index is 10.2. The van der Waals surface area contributed by atoms with Gasteiger partial charge in [-0.1, -0.05) is 18.2 Å². The summed E-state index contributed by atoms with van der Waals surface area (Å²) in [6.07, 6.45) is 14.1. The predicted molar refractivity (Wildman–Crippen MR) is 50.9 cm³/mol. The van der Waals surface area contributed by atoms with Crippen LogP contribution in [-0.2, 0) is 4.79 Å². The monoisotopic (exact) mass is 177 g/mol. The third-order valence-electron chi connectivity index (χ3n) is 1.47. The molecule has 68 valence electrons. The van der Waals surface area contributed by atoms with Gasteiger partial charge in [-0.05, 0) is 12.2 Å². The van der Waals surface area contributed by atoms with E-state index in [9.17, 15) is 4.79 Å². The summed E-state index contributed by atoms with van der Waals surface area (Å²) in [7, 11) is 0. The lowest BCUT2D eigenvalue weighted by Gasteiger charge is -2.10. The maximum Gasteiger partial charge on any atom is 0.328 e. The van der Waals surface area contributed by atoms with Crippen LogP contribution in [0.4, 0.5) is 0 Å². The second kappa shape index (κ2) is 4.98. The van der Waals surface area contributed by atoms with E-state index >= 15 is 0 Å². The number of rotatable bonds is 3. The highest BCUT2D eigenvalue weighted by Crippen LogP contribution is 1.97. The first-order valence-corrected chi connectivity index (χ1v) is 3.96. The van der Waals surface area contributed by atoms with Gasteiger partial charge in [0.1, 0.15) is 0 Å². The van der Waals surface area contributed by atoms with Gasteiger partial charge in [-0.25, -0.2) is 4.79 Å². The van der Waals surface area contributed by atoms with Crippen LogP contribution in [0, 0.1) is 0 Å². The van der Waals surface area contributed by atoms with Gasteiger partial charge in [0, 0.05) is 25.0 Å². The van der Waals surface area contributed by atoms with E-state index in [0.29, 0.717) is 6.54 Å². The van der Waals surface area contributed by atoms with Gasteiger partial charge in [-0.15, -0.1) is 0 Å².